The summed E-state index contributed by atoms with van der Waals surface area (Å²) < 4.78 is 67.3. The Hall–Kier alpha value is -1.50. The van der Waals surface area contributed by atoms with Gasteiger partial charge in [0.05, 0.1) is 6.07 Å². The minimum atomic E-state index is -5.73. The summed E-state index contributed by atoms with van der Waals surface area (Å²) in [5.41, 5.74) is -5.11. The molecule has 1 aromatic rings. The molecule has 0 amide bonds. The van der Waals surface area contributed by atoms with Gasteiger partial charge in [-0.25, -0.2) is 0 Å². The fourth-order valence-corrected chi connectivity index (χ4v) is 2.41. The van der Waals surface area contributed by atoms with Crippen LogP contribution in [0.4, 0.5) is 13.2 Å². The molecule has 0 fully saturated rings. The number of hydrogen-bond acceptors (Lipinski definition) is 5. The molecule has 2 rings (SSSR count). The average Bonchev–Trinajstić information content (AvgIpc) is 2.71. The molecule has 21 heavy (non-hydrogen) atoms. The van der Waals surface area contributed by atoms with E-state index < -0.39 is 34.3 Å². The van der Waals surface area contributed by atoms with Crippen molar-refractivity contribution in [3.05, 3.63) is 28.8 Å². The molecule has 114 valence electrons. The highest BCUT2D eigenvalue weighted by molar-refractivity contribution is 7.87. The zero-order valence-electron chi connectivity index (χ0n) is 10.1. The summed E-state index contributed by atoms with van der Waals surface area (Å²) in [6.45, 7) is -0.924. The number of rotatable bonds is 3. The molecule has 0 bridgehead atoms. The quantitative estimate of drug-likeness (QED) is 0.624. The van der Waals surface area contributed by atoms with Crippen molar-refractivity contribution in [2.75, 3.05) is 6.61 Å². The second kappa shape index (κ2) is 5.36. The lowest BCUT2D eigenvalue weighted by molar-refractivity contribution is -0.0558. The van der Waals surface area contributed by atoms with E-state index in [-0.39, 0.29) is 5.75 Å². The molecular formula is C11H7ClF3NO4S. The Labute approximate surface area is 123 Å². The summed E-state index contributed by atoms with van der Waals surface area (Å²) in [4.78, 5) is 0. The molecule has 0 N–H and O–H groups in total. The van der Waals surface area contributed by atoms with Crippen LogP contribution >= 0.6 is 11.6 Å². The highest BCUT2D eigenvalue weighted by Crippen LogP contribution is 2.40. The molecule has 0 aliphatic carbocycles. The highest BCUT2D eigenvalue weighted by atomic mass is 35.5. The van der Waals surface area contributed by atoms with Crippen LogP contribution in [0.15, 0.2) is 18.2 Å². The van der Waals surface area contributed by atoms with Crippen LogP contribution in [0.1, 0.15) is 11.5 Å². The van der Waals surface area contributed by atoms with Gasteiger partial charge in [0.1, 0.15) is 24.4 Å². The van der Waals surface area contributed by atoms with Gasteiger partial charge in [-0.1, -0.05) is 17.7 Å². The third-order valence-electron chi connectivity index (χ3n) is 2.77. The molecule has 2 atom stereocenters. The standard InChI is InChI=1S/C11H7ClF3NO4S/c12-6-1-2-7-8(4-16)10(20-9(7)3-6)5-19-21(17,18)11(13,14)15/h1-3,8,10H,5H2. The van der Waals surface area contributed by atoms with Gasteiger partial charge in [0.2, 0.25) is 0 Å². The molecule has 0 saturated heterocycles. The van der Waals surface area contributed by atoms with Crippen LogP contribution in [0.25, 0.3) is 0 Å². The summed E-state index contributed by atoms with van der Waals surface area (Å²) in [5, 5.41) is 9.37. The Balaban J connectivity index is 2.16. The SMILES string of the molecule is N#CC1c2ccc(Cl)cc2OC1COS(=O)(=O)C(F)(F)F. The third-order valence-corrected chi connectivity index (χ3v) is 4.02. The minimum absolute atomic E-state index is 0.215. The number of alkyl halides is 3. The summed E-state index contributed by atoms with van der Waals surface area (Å²) >= 11 is 5.73. The van der Waals surface area contributed by atoms with Crippen LogP contribution in [-0.4, -0.2) is 26.6 Å². The molecule has 0 aromatic heterocycles. The molecule has 2 unspecified atom stereocenters. The Morgan fingerprint density at radius 2 is 2.10 bits per heavy atom. The number of benzene rings is 1. The van der Waals surface area contributed by atoms with Gasteiger partial charge in [0.25, 0.3) is 0 Å². The Morgan fingerprint density at radius 1 is 1.43 bits per heavy atom. The lowest BCUT2D eigenvalue weighted by Crippen LogP contribution is -2.31. The predicted molar refractivity (Wildman–Crippen MR) is 65.1 cm³/mol. The summed E-state index contributed by atoms with van der Waals surface area (Å²) in [5.74, 6) is -0.729. The van der Waals surface area contributed by atoms with Gasteiger partial charge in [-0.2, -0.15) is 26.9 Å². The fourth-order valence-electron chi connectivity index (χ4n) is 1.80. The van der Waals surface area contributed by atoms with Crippen molar-refractivity contribution in [1.29, 1.82) is 5.26 Å². The summed E-state index contributed by atoms with van der Waals surface area (Å²) in [6.07, 6.45) is -1.17. The molecule has 1 heterocycles. The molecule has 1 aliphatic rings. The maximum absolute atomic E-state index is 12.2. The van der Waals surface area contributed by atoms with E-state index in [1.165, 1.54) is 18.2 Å². The maximum Gasteiger partial charge on any atom is 0.523 e. The lowest BCUT2D eigenvalue weighted by atomic mass is 9.97. The fraction of sp³-hybridized carbons (Fsp3) is 0.364. The number of halogens is 4. The second-order valence-electron chi connectivity index (χ2n) is 4.13. The first-order chi connectivity index (χ1) is 9.65. The average molecular weight is 342 g/mol. The van der Waals surface area contributed by atoms with Crippen LogP contribution in [0.5, 0.6) is 5.75 Å². The topological polar surface area (TPSA) is 76.4 Å². The first-order valence-corrected chi connectivity index (χ1v) is 7.26. The monoisotopic (exact) mass is 341 g/mol. The van der Waals surface area contributed by atoms with Crippen LogP contribution in [-0.2, 0) is 14.3 Å². The van der Waals surface area contributed by atoms with Gasteiger partial charge in [0.15, 0.2) is 0 Å². The lowest BCUT2D eigenvalue weighted by Gasteiger charge is -2.14. The van der Waals surface area contributed by atoms with Gasteiger partial charge in [0, 0.05) is 10.6 Å². The van der Waals surface area contributed by atoms with Crippen molar-refractivity contribution in [3.63, 3.8) is 0 Å². The van der Waals surface area contributed by atoms with E-state index in [9.17, 15) is 21.6 Å². The van der Waals surface area contributed by atoms with Crippen LogP contribution in [0.3, 0.4) is 0 Å². The van der Waals surface area contributed by atoms with Gasteiger partial charge in [-0.3, -0.25) is 4.18 Å². The molecule has 0 spiro atoms. The highest BCUT2D eigenvalue weighted by Gasteiger charge is 2.48. The first-order valence-electron chi connectivity index (χ1n) is 5.47. The van der Waals surface area contributed by atoms with Gasteiger partial charge in [-0.05, 0) is 12.1 Å². The van der Waals surface area contributed by atoms with Crippen LogP contribution < -0.4 is 4.74 Å². The summed E-state index contributed by atoms with van der Waals surface area (Å²) in [7, 11) is -5.73. The van der Waals surface area contributed by atoms with Gasteiger partial charge < -0.3 is 4.74 Å². The number of ether oxygens (including phenoxy) is 1. The van der Waals surface area contributed by atoms with Crippen LogP contribution in [0.2, 0.25) is 5.02 Å². The molecule has 5 nitrogen and oxygen atoms in total. The zero-order chi connectivity index (χ0) is 15.8. The van der Waals surface area contributed by atoms with E-state index in [2.05, 4.69) is 4.18 Å². The van der Waals surface area contributed by atoms with E-state index >= 15 is 0 Å². The first kappa shape index (κ1) is 15.9. The second-order valence-corrected chi connectivity index (χ2v) is 6.17. The smallest absolute Gasteiger partial charge is 0.486 e. The van der Waals surface area contributed by atoms with E-state index in [1.54, 1.807) is 0 Å². The Morgan fingerprint density at radius 3 is 2.67 bits per heavy atom. The largest absolute Gasteiger partial charge is 0.523 e. The molecule has 10 heteroatoms. The maximum atomic E-state index is 12.2. The predicted octanol–water partition coefficient (Wildman–Crippen LogP) is 2.57. The van der Waals surface area contributed by atoms with Crippen molar-refractivity contribution in [1.82, 2.24) is 0 Å². The molecule has 1 aliphatic heterocycles. The van der Waals surface area contributed by atoms with Gasteiger partial charge in [-0.15, -0.1) is 0 Å². The van der Waals surface area contributed by atoms with Crippen molar-refractivity contribution >= 4 is 21.7 Å². The van der Waals surface area contributed by atoms with Crippen molar-refractivity contribution in [2.45, 2.75) is 17.5 Å². The third kappa shape index (κ3) is 3.07. The number of fused-ring (bicyclic) bond motifs is 1. The van der Waals surface area contributed by atoms with Gasteiger partial charge >= 0.3 is 15.6 Å². The number of hydrogen-bond donors (Lipinski definition) is 0. The zero-order valence-corrected chi connectivity index (χ0v) is 11.7. The molecule has 1 aromatic carbocycles. The summed E-state index contributed by atoms with van der Waals surface area (Å²) in [6, 6.07) is 6.21. The van der Waals surface area contributed by atoms with E-state index in [0.29, 0.717) is 10.6 Å². The Bertz CT molecular complexity index is 698. The van der Waals surface area contributed by atoms with E-state index in [4.69, 9.17) is 21.6 Å². The van der Waals surface area contributed by atoms with Crippen molar-refractivity contribution in [3.8, 4) is 11.8 Å². The number of nitriles is 1. The van der Waals surface area contributed by atoms with Crippen LogP contribution in [0, 0.1) is 11.3 Å². The van der Waals surface area contributed by atoms with Crippen molar-refractivity contribution < 1.29 is 30.5 Å². The van der Waals surface area contributed by atoms with Crippen molar-refractivity contribution in [2.24, 2.45) is 0 Å². The molecule has 0 radical (unpaired) electrons. The normalized spacial score (nSPS) is 21.5. The minimum Gasteiger partial charge on any atom is -0.486 e. The molecular weight excluding hydrogens is 335 g/mol. The van der Waals surface area contributed by atoms with E-state index in [0.717, 1.165) is 0 Å². The Kier molecular flexibility index (Phi) is 4.06. The van der Waals surface area contributed by atoms with E-state index in [1.807, 2.05) is 6.07 Å². The number of nitrogens with zero attached hydrogens (tertiary/aromatic N) is 1. The molecule has 0 saturated carbocycles.